The smallest absolute Gasteiger partial charge is 0.240 e. The first-order valence-corrected chi connectivity index (χ1v) is 8.32. The Balaban J connectivity index is 1.48. The minimum absolute atomic E-state index is 0.106. The first-order chi connectivity index (χ1) is 10.3. The minimum atomic E-state index is 0.106. The second-order valence-electron chi connectivity index (χ2n) is 5.58. The molecule has 0 radical (unpaired) electrons. The molecule has 1 unspecified atom stereocenters. The molecule has 1 atom stereocenters. The molecule has 1 aliphatic heterocycles. The molecule has 1 N–H and O–H groups in total. The average Bonchev–Trinajstić information content (AvgIpc) is 3.12. The molecule has 0 bridgehead atoms. The molecular weight excluding hydrogens is 282 g/mol. The third kappa shape index (κ3) is 4.19. The molecule has 1 fully saturated rings. The zero-order valence-electron chi connectivity index (χ0n) is 12.1. The third-order valence-corrected chi connectivity index (χ3v) is 4.68. The molecule has 4 nitrogen and oxygen atoms in total. The number of piperidine rings is 1. The summed E-state index contributed by atoms with van der Waals surface area (Å²) < 4.78 is 1.90. The van der Waals surface area contributed by atoms with E-state index in [1.165, 1.54) is 4.88 Å². The van der Waals surface area contributed by atoms with Crippen LogP contribution in [0, 0.1) is 0 Å². The summed E-state index contributed by atoms with van der Waals surface area (Å²) in [6, 6.07) is 8.44. The Labute approximate surface area is 129 Å². The second kappa shape index (κ2) is 6.91. The first kappa shape index (κ1) is 14.4. The number of amides is 1. The maximum Gasteiger partial charge on any atom is 0.240 e. The number of thiophene rings is 1. The van der Waals surface area contributed by atoms with Gasteiger partial charge in [-0.3, -0.25) is 9.69 Å². The lowest BCUT2D eigenvalue weighted by molar-refractivity contribution is -0.122. The van der Waals surface area contributed by atoms with Crippen molar-refractivity contribution >= 4 is 17.2 Å². The molecule has 0 aromatic carbocycles. The minimum Gasteiger partial charge on any atom is -0.351 e. The van der Waals surface area contributed by atoms with Gasteiger partial charge in [0.15, 0.2) is 0 Å². The Kier molecular flexibility index (Phi) is 4.72. The van der Waals surface area contributed by atoms with Gasteiger partial charge < -0.3 is 9.88 Å². The van der Waals surface area contributed by atoms with Crippen LogP contribution in [-0.2, 0) is 17.9 Å². The number of aromatic nitrogens is 1. The van der Waals surface area contributed by atoms with E-state index in [1.54, 1.807) is 11.3 Å². The Hall–Kier alpha value is -1.59. The zero-order valence-corrected chi connectivity index (χ0v) is 12.9. The van der Waals surface area contributed by atoms with Crippen molar-refractivity contribution in [1.82, 2.24) is 14.8 Å². The van der Waals surface area contributed by atoms with Crippen LogP contribution in [0.5, 0.6) is 0 Å². The molecule has 2 aromatic heterocycles. The highest BCUT2D eigenvalue weighted by Gasteiger charge is 2.21. The van der Waals surface area contributed by atoms with Crippen LogP contribution in [0.15, 0.2) is 42.0 Å². The van der Waals surface area contributed by atoms with Crippen LogP contribution in [0.4, 0.5) is 0 Å². The number of likely N-dealkylation sites (tertiary alicyclic amines) is 1. The number of carbonyl (C=O) groups excluding carboxylic acids is 1. The molecule has 0 aliphatic carbocycles. The van der Waals surface area contributed by atoms with Crippen molar-refractivity contribution in [2.45, 2.75) is 32.0 Å². The molecule has 3 rings (SSSR count). The number of hydrogen-bond donors (Lipinski definition) is 1. The van der Waals surface area contributed by atoms with E-state index in [0.717, 1.165) is 32.5 Å². The van der Waals surface area contributed by atoms with E-state index in [4.69, 9.17) is 0 Å². The van der Waals surface area contributed by atoms with Gasteiger partial charge in [0, 0.05) is 36.4 Å². The highest BCUT2D eigenvalue weighted by Crippen LogP contribution is 2.16. The van der Waals surface area contributed by atoms with Crippen molar-refractivity contribution in [2.75, 3.05) is 13.1 Å². The van der Waals surface area contributed by atoms with Crippen molar-refractivity contribution in [3.8, 4) is 0 Å². The van der Waals surface area contributed by atoms with Crippen LogP contribution in [0.25, 0.3) is 0 Å². The molecule has 5 heteroatoms. The Morgan fingerprint density at radius 2 is 2.19 bits per heavy atom. The van der Waals surface area contributed by atoms with E-state index in [-0.39, 0.29) is 11.9 Å². The topological polar surface area (TPSA) is 37.3 Å². The molecule has 1 saturated heterocycles. The van der Waals surface area contributed by atoms with Gasteiger partial charge in [0.2, 0.25) is 5.91 Å². The van der Waals surface area contributed by atoms with Crippen LogP contribution in [0.2, 0.25) is 0 Å². The monoisotopic (exact) mass is 303 g/mol. The normalized spacial score (nSPS) is 19.5. The molecule has 0 spiro atoms. The van der Waals surface area contributed by atoms with Crippen LogP contribution < -0.4 is 5.32 Å². The van der Waals surface area contributed by atoms with Gasteiger partial charge in [0.25, 0.3) is 0 Å². The van der Waals surface area contributed by atoms with E-state index in [2.05, 4.69) is 27.7 Å². The summed E-state index contributed by atoms with van der Waals surface area (Å²) in [7, 11) is 0. The Morgan fingerprint density at radius 1 is 1.33 bits per heavy atom. The largest absolute Gasteiger partial charge is 0.351 e. The van der Waals surface area contributed by atoms with Gasteiger partial charge in [-0.1, -0.05) is 6.07 Å². The number of hydrogen-bond acceptors (Lipinski definition) is 3. The summed E-state index contributed by atoms with van der Waals surface area (Å²) in [5.74, 6) is 0.106. The quantitative estimate of drug-likeness (QED) is 0.920. The van der Waals surface area contributed by atoms with E-state index in [1.807, 2.05) is 29.1 Å². The van der Waals surface area contributed by atoms with Crippen molar-refractivity contribution < 1.29 is 4.79 Å². The molecule has 21 heavy (non-hydrogen) atoms. The lowest BCUT2D eigenvalue weighted by atomic mass is 10.1. The lowest BCUT2D eigenvalue weighted by Crippen LogP contribution is -2.48. The molecule has 0 saturated carbocycles. The highest BCUT2D eigenvalue weighted by atomic mass is 32.1. The Morgan fingerprint density at radius 3 is 2.95 bits per heavy atom. The number of nitrogens with one attached hydrogen (secondary N) is 1. The molecular formula is C16H21N3OS. The SMILES string of the molecule is O=C(Cn1cccc1)NC1CCCN(Cc2cccs2)C1. The number of rotatable bonds is 5. The summed E-state index contributed by atoms with van der Waals surface area (Å²) in [5, 5.41) is 5.29. The maximum absolute atomic E-state index is 12.1. The molecule has 1 aliphatic rings. The maximum atomic E-state index is 12.1. The standard InChI is InChI=1S/C16H21N3OS/c20-16(13-18-7-1-2-8-18)17-14-5-3-9-19(11-14)12-15-6-4-10-21-15/h1-2,4,6-8,10,14H,3,5,9,11-13H2,(H,17,20). The van der Waals surface area contributed by atoms with E-state index >= 15 is 0 Å². The zero-order chi connectivity index (χ0) is 14.5. The fourth-order valence-electron chi connectivity index (χ4n) is 2.85. The van der Waals surface area contributed by atoms with E-state index < -0.39 is 0 Å². The molecule has 112 valence electrons. The van der Waals surface area contributed by atoms with Crippen LogP contribution in [0.3, 0.4) is 0 Å². The fraction of sp³-hybridized carbons (Fsp3) is 0.438. The number of carbonyl (C=O) groups is 1. The molecule has 2 aromatic rings. The first-order valence-electron chi connectivity index (χ1n) is 7.44. The van der Waals surface area contributed by atoms with Crippen molar-refractivity contribution in [2.24, 2.45) is 0 Å². The van der Waals surface area contributed by atoms with E-state index in [0.29, 0.717) is 6.54 Å². The average molecular weight is 303 g/mol. The molecule has 3 heterocycles. The van der Waals surface area contributed by atoms with Gasteiger partial charge >= 0.3 is 0 Å². The summed E-state index contributed by atoms with van der Waals surface area (Å²) in [5.41, 5.74) is 0. The predicted octanol–water partition coefficient (Wildman–Crippen LogP) is 2.33. The van der Waals surface area contributed by atoms with Gasteiger partial charge in [0.05, 0.1) is 0 Å². The summed E-state index contributed by atoms with van der Waals surface area (Å²) in [6.07, 6.45) is 6.07. The molecule has 1 amide bonds. The third-order valence-electron chi connectivity index (χ3n) is 3.82. The van der Waals surface area contributed by atoms with Crippen molar-refractivity contribution in [1.29, 1.82) is 0 Å². The van der Waals surface area contributed by atoms with E-state index in [9.17, 15) is 4.79 Å². The van der Waals surface area contributed by atoms with Gasteiger partial charge in [-0.2, -0.15) is 0 Å². The van der Waals surface area contributed by atoms with Crippen LogP contribution in [-0.4, -0.2) is 34.5 Å². The summed E-state index contributed by atoms with van der Waals surface area (Å²) in [4.78, 5) is 15.9. The van der Waals surface area contributed by atoms with Crippen LogP contribution in [0.1, 0.15) is 17.7 Å². The summed E-state index contributed by atoms with van der Waals surface area (Å²) in [6.45, 7) is 3.49. The lowest BCUT2D eigenvalue weighted by Gasteiger charge is -2.32. The van der Waals surface area contributed by atoms with Gasteiger partial charge in [-0.15, -0.1) is 11.3 Å². The highest BCUT2D eigenvalue weighted by molar-refractivity contribution is 7.09. The van der Waals surface area contributed by atoms with Gasteiger partial charge in [-0.05, 0) is 43.0 Å². The Bertz CT molecular complexity index is 550. The summed E-state index contributed by atoms with van der Waals surface area (Å²) >= 11 is 1.80. The fourth-order valence-corrected chi connectivity index (χ4v) is 3.60. The van der Waals surface area contributed by atoms with Crippen molar-refractivity contribution in [3.63, 3.8) is 0 Å². The predicted molar refractivity (Wildman–Crippen MR) is 85.2 cm³/mol. The van der Waals surface area contributed by atoms with Crippen LogP contribution >= 0.6 is 11.3 Å². The van der Waals surface area contributed by atoms with Gasteiger partial charge in [-0.25, -0.2) is 0 Å². The van der Waals surface area contributed by atoms with Crippen molar-refractivity contribution in [3.05, 3.63) is 46.9 Å². The second-order valence-corrected chi connectivity index (χ2v) is 6.61. The van der Waals surface area contributed by atoms with Gasteiger partial charge in [0.1, 0.15) is 6.54 Å². The number of nitrogens with zero attached hydrogens (tertiary/aromatic N) is 2.